The van der Waals surface area contributed by atoms with Crippen molar-refractivity contribution in [3.8, 4) is 0 Å². The fourth-order valence-electron chi connectivity index (χ4n) is 1.83. The van der Waals surface area contributed by atoms with Crippen LogP contribution >= 0.6 is 0 Å². The summed E-state index contributed by atoms with van der Waals surface area (Å²) < 4.78 is 45.7. The second-order valence-electron chi connectivity index (χ2n) is 5.15. The van der Waals surface area contributed by atoms with E-state index in [1.165, 1.54) is 24.3 Å². The molecule has 0 amide bonds. The summed E-state index contributed by atoms with van der Waals surface area (Å²) in [5, 5.41) is 0. The van der Waals surface area contributed by atoms with Crippen LogP contribution in [0, 0.1) is 0 Å². The van der Waals surface area contributed by atoms with Gasteiger partial charge in [0.25, 0.3) is 0 Å². The number of alkyl halides is 1. The number of hydrogen-bond donors (Lipinski definition) is 1. The van der Waals surface area contributed by atoms with Gasteiger partial charge in [0.05, 0.1) is 17.5 Å². The molecule has 23 heavy (non-hydrogen) atoms. The second kappa shape index (κ2) is 8.83. The third-order valence-electron chi connectivity index (χ3n) is 3.14. The molecular weight excluding hydrogens is 325 g/mol. The summed E-state index contributed by atoms with van der Waals surface area (Å²) in [4.78, 5) is 11.7. The number of rotatable bonds is 8. The predicted octanol–water partition coefficient (Wildman–Crippen LogP) is 2.38. The molecule has 0 aliphatic carbocycles. The third kappa shape index (κ3) is 6.15. The van der Waals surface area contributed by atoms with Gasteiger partial charge >= 0.3 is 6.16 Å². The molecule has 0 heterocycles. The van der Waals surface area contributed by atoms with E-state index in [2.05, 4.69) is 0 Å². The van der Waals surface area contributed by atoms with Gasteiger partial charge in [0, 0.05) is 6.26 Å². The lowest BCUT2D eigenvalue weighted by molar-refractivity contribution is 0.0106. The zero-order chi connectivity index (χ0) is 17.5. The van der Waals surface area contributed by atoms with Crippen LogP contribution in [0.25, 0.3) is 0 Å². The fourth-order valence-corrected chi connectivity index (χ4v) is 2.46. The van der Waals surface area contributed by atoms with Crippen LogP contribution in [-0.2, 0) is 19.3 Å². The highest BCUT2D eigenvalue weighted by Crippen LogP contribution is 2.23. The van der Waals surface area contributed by atoms with Gasteiger partial charge in [-0.25, -0.2) is 17.6 Å². The molecule has 1 aromatic carbocycles. The van der Waals surface area contributed by atoms with Gasteiger partial charge in [-0.05, 0) is 24.1 Å². The Kier molecular flexibility index (Phi) is 7.44. The quantitative estimate of drug-likeness (QED) is 0.573. The first-order valence-corrected chi connectivity index (χ1v) is 9.13. The molecule has 0 saturated heterocycles. The molecule has 8 heteroatoms. The van der Waals surface area contributed by atoms with Crippen molar-refractivity contribution < 1.29 is 27.1 Å². The third-order valence-corrected chi connectivity index (χ3v) is 4.27. The maximum absolute atomic E-state index is 12.9. The minimum Gasteiger partial charge on any atom is -0.434 e. The normalized spacial score (nSPS) is 14.1. The minimum atomic E-state index is -3.35. The number of benzene rings is 1. The molecule has 0 bridgehead atoms. The van der Waals surface area contributed by atoms with Gasteiger partial charge in [-0.1, -0.05) is 25.5 Å². The van der Waals surface area contributed by atoms with Gasteiger partial charge in [-0.15, -0.1) is 0 Å². The molecule has 0 radical (unpaired) electrons. The lowest BCUT2D eigenvalue weighted by atomic mass is 10.0. The largest absolute Gasteiger partial charge is 0.508 e. The number of unbranched alkanes of at least 4 members (excludes halogenated alkanes) is 1. The summed E-state index contributed by atoms with van der Waals surface area (Å²) >= 11 is 0. The SMILES string of the molecule is CCCCOC(=O)O[C@H](c1ccc(S(C)(=O)=O)cc1)[C@H](N)CF. The number of halogens is 1. The average molecular weight is 347 g/mol. The molecule has 0 aromatic heterocycles. The number of nitrogens with two attached hydrogens (primary N) is 1. The summed E-state index contributed by atoms with van der Waals surface area (Å²) in [6, 6.07) is 4.52. The molecule has 1 aromatic rings. The van der Waals surface area contributed by atoms with Crippen molar-refractivity contribution in [3.05, 3.63) is 29.8 Å². The first-order chi connectivity index (χ1) is 10.8. The molecule has 6 nitrogen and oxygen atoms in total. The van der Waals surface area contributed by atoms with Gasteiger partial charge in [-0.2, -0.15) is 0 Å². The molecule has 0 fully saturated rings. The van der Waals surface area contributed by atoms with Crippen LogP contribution in [0.15, 0.2) is 29.2 Å². The number of ether oxygens (including phenoxy) is 2. The maximum Gasteiger partial charge on any atom is 0.508 e. The smallest absolute Gasteiger partial charge is 0.434 e. The summed E-state index contributed by atoms with van der Waals surface area (Å²) in [5.74, 6) is 0. The summed E-state index contributed by atoms with van der Waals surface area (Å²) in [7, 11) is -3.35. The van der Waals surface area contributed by atoms with Gasteiger partial charge in [-0.3, -0.25) is 0 Å². The topological polar surface area (TPSA) is 95.7 Å². The molecular formula is C15H22FNO5S. The first kappa shape index (κ1) is 19.4. The Morgan fingerprint density at radius 3 is 2.39 bits per heavy atom. The van der Waals surface area contributed by atoms with E-state index in [0.29, 0.717) is 12.0 Å². The van der Waals surface area contributed by atoms with E-state index in [1.54, 1.807) is 0 Å². The van der Waals surface area contributed by atoms with Crippen LogP contribution in [0.2, 0.25) is 0 Å². The summed E-state index contributed by atoms with van der Waals surface area (Å²) in [5.41, 5.74) is 6.05. The van der Waals surface area contributed by atoms with Crippen molar-refractivity contribution in [1.29, 1.82) is 0 Å². The van der Waals surface area contributed by atoms with Crippen LogP contribution in [-0.4, -0.2) is 40.2 Å². The molecule has 130 valence electrons. The number of carbonyl (C=O) groups excluding carboxylic acids is 1. The van der Waals surface area contributed by atoms with Gasteiger partial charge in [0.2, 0.25) is 0 Å². The van der Waals surface area contributed by atoms with Gasteiger partial charge < -0.3 is 15.2 Å². The Labute approximate surface area is 135 Å². The molecule has 0 unspecified atom stereocenters. The van der Waals surface area contributed by atoms with Crippen molar-refractivity contribution in [3.63, 3.8) is 0 Å². The van der Waals surface area contributed by atoms with E-state index in [9.17, 15) is 17.6 Å². The predicted molar refractivity (Wildman–Crippen MR) is 83.6 cm³/mol. The zero-order valence-electron chi connectivity index (χ0n) is 13.2. The van der Waals surface area contributed by atoms with Crippen molar-refractivity contribution in [2.75, 3.05) is 19.5 Å². The Morgan fingerprint density at radius 1 is 1.30 bits per heavy atom. The van der Waals surface area contributed by atoms with E-state index in [0.717, 1.165) is 12.7 Å². The molecule has 0 spiro atoms. The van der Waals surface area contributed by atoms with Crippen molar-refractivity contribution in [1.82, 2.24) is 0 Å². The monoisotopic (exact) mass is 347 g/mol. The van der Waals surface area contributed by atoms with E-state index in [-0.39, 0.29) is 11.5 Å². The molecule has 1 rings (SSSR count). The van der Waals surface area contributed by atoms with Crippen LogP contribution in [0.1, 0.15) is 31.4 Å². The van der Waals surface area contributed by atoms with E-state index < -0.39 is 34.8 Å². The highest BCUT2D eigenvalue weighted by atomic mass is 32.2. The molecule has 2 atom stereocenters. The Balaban J connectivity index is 2.88. The van der Waals surface area contributed by atoms with Crippen LogP contribution in [0.3, 0.4) is 0 Å². The van der Waals surface area contributed by atoms with E-state index in [1.807, 2.05) is 6.92 Å². The number of carbonyl (C=O) groups is 1. The Bertz CT molecular complexity index is 603. The fraction of sp³-hybridized carbons (Fsp3) is 0.533. The lowest BCUT2D eigenvalue weighted by Gasteiger charge is -2.22. The standard InChI is InChI=1S/C15H22FNO5S/c1-3-4-9-21-15(18)22-14(13(17)10-16)11-5-7-12(8-6-11)23(2,19)20/h5-8,13-14H,3-4,9-10,17H2,1-2H3/t13-,14-/m1/s1. The zero-order valence-corrected chi connectivity index (χ0v) is 14.0. The maximum atomic E-state index is 12.9. The second-order valence-corrected chi connectivity index (χ2v) is 7.17. The molecule has 0 aliphatic heterocycles. The van der Waals surface area contributed by atoms with Crippen molar-refractivity contribution >= 4 is 16.0 Å². The van der Waals surface area contributed by atoms with Gasteiger partial charge in [0.1, 0.15) is 12.8 Å². The minimum absolute atomic E-state index is 0.111. The van der Waals surface area contributed by atoms with E-state index in [4.69, 9.17) is 15.2 Å². The van der Waals surface area contributed by atoms with Crippen LogP contribution < -0.4 is 5.73 Å². The summed E-state index contributed by atoms with van der Waals surface area (Å²) in [6.07, 6.45) is 0.641. The average Bonchev–Trinajstić information content (AvgIpc) is 2.51. The molecule has 2 N–H and O–H groups in total. The van der Waals surface area contributed by atoms with E-state index >= 15 is 0 Å². The molecule has 0 aliphatic rings. The van der Waals surface area contributed by atoms with Crippen LogP contribution in [0.5, 0.6) is 0 Å². The number of hydrogen-bond acceptors (Lipinski definition) is 6. The summed E-state index contributed by atoms with van der Waals surface area (Å²) in [6.45, 7) is 1.25. The lowest BCUT2D eigenvalue weighted by Crippen LogP contribution is -2.34. The Morgan fingerprint density at radius 2 is 1.91 bits per heavy atom. The Hall–Kier alpha value is -1.67. The van der Waals surface area contributed by atoms with Crippen molar-refractivity contribution in [2.45, 2.75) is 36.8 Å². The number of sulfone groups is 1. The molecule has 0 saturated carbocycles. The van der Waals surface area contributed by atoms with Crippen LogP contribution in [0.4, 0.5) is 9.18 Å². The van der Waals surface area contributed by atoms with Crippen molar-refractivity contribution in [2.24, 2.45) is 5.73 Å². The van der Waals surface area contributed by atoms with Gasteiger partial charge in [0.15, 0.2) is 9.84 Å². The highest BCUT2D eigenvalue weighted by Gasteiger charge is 2.25. The highest BCUT2D eigenvalue weighted by molar-refractivity contribution is 7.90. The first-order valence-electron chi connectivity index (χ1n) is 7.24.